The molecule has 2 aromatic carbocycles. The Bertz CT molecular complexity index is 1050. The molecule has 29 heavy (non-hydrogen) atoms. The van der Waals surface area contributed by atoms with Gasteiger partial charge in [0.05, 0.1) is 11.7 Å². The van der Waals surface area contributed by atoms with Crippen molar-refractivity contribution < 1.29 is 0 Å². The summed E-state index contributed by atoms with van der Waals surface area (Å²) in [6, 6.07) is 20.8. The summed E-state index contributed by atoms with van der Waals surface area (Å²) >= 11 is 0. The Hall–Kier alpha value is -3.66. The predicted octanol–water partition coefficient (Wildman–Crippen LogP) is 5.52. The molecule has 1 aliphatic rings. The molecule has 2 heterocycles. The van der Waals surface area contributed by atoms with Crippen LogP contribution in [0.3, 0.4) is 0 Å². The van der Waals surface area contributed by atoms with E-state index in [9.17, 15) is 0 Å². The van der Waals surface area contributed by atoms with Gasteiger partial charge in [0.15, 0.2) is 0 Å². The first kappa shape index (κ1) is 18.7. The second-order valence-electron chi connectivity index (χ2n) is 6.98. The van der Waals surface area contributed by atoms with E-state index in [4.69, 9.17) is 0 Å². The van der Waals surface area contributed by atoms with E-state index in [0.29, 0.717) is 5.92 Å². The Morgan fingerprint density at radius 1 is 0.793 bits per heavy atom. The van der Waals surface area contributed by atoms with Gasteiger partial charge in [0.25, 0.3) is 0 Å². The largest absolute Gasteiger partial charge is 0.284 e. The molecule has 0 saturated heterocycles. The van der Waals surface area contributed by atoms with Crippen molar-refractivity contribution in [3.05, 3.63) is 96.5 Å². The number of benzene rings is 2. The van der Waals surface area contributed by atoms with Gasteiger partial charge in [-0.25, -0.2) is 0 Å². The minimum Gasteiger partial charge on any atom is -0.284 e. The zero-order chi connectivity index (χ0) is 19.9. The Balaban J connectivity index is 1.42. The molecule has 0 radical (unpaired) electrons. The van der Waals surface area contributed by atoms with Gasteiger partial charge in [-0.05, 0) is 40.5 Å². The molecule has 0 saturated carbocycles. The lowest BCUT2D eigenvalue weighted by Crippen LogP contribution is -2.16. The zero-order valence-electron chi connectivity index (χ0n) is 16.3. The van der Waals surface area contributed by atoms with Gasteiger partial charge >= 0.3 is 0 Å². The predicted molar refractivity (Wildman–Crippen MR) is 122 cm³/mol. The molecule has 2 atom stereocenters. The number of rotatable bonds is 5. The molecular weight excluding hydrogens is 356 g/mol. The van der Waals surface area contributed by atoms with E-state index in [2.05, 4.69) is 75.4 Å². The van der Waals surface area contributed by atoms with Crippen LogP contribution in [0, 0.1) is 5.92 Å². The number of hydrogen-bond donors (Lipinski definition) is 0. The highest BCUT2D eigenvalue weighted by Crippen LogP contribution is 2.20. The quantitative estimate of drug-likeness (QED) is 0.539. The number of hydrogen-bond acceptors (Lipinski definition) is 4. The summed E-state index contributed by atoms with van der Waals surface area (Å²) in [7, 11) is 0. The molecule has 4 heteroatoms. The highest BCUT2D eigenvalue weighted by Gasteiger charge is 2.12. The van der Waals surface area contributed by atoms with Crippen molar-refractivity contribution in [1.29, 1.82) is 0 Å². The van der Waals surface area contributed by atoms with Crippen LogP contribution in [0.4, 0.5) is 5.69 Å². The van der Waals surface area contributed by atoms with E-state index in [-0.39, 0.29) is 6.04 Å². The van der Waals surface area contributed by atoms with Crippen LogP contribution in [0.1, 0.15) is 18.1 Å². The Labute approximate surface area is 171 Å². The highest BCUT2D eigenvalue weighted by molar-refractivity contribution is 5.84. The van der Waals surface area contributed by atoms with E-state index >= 15 is 0 Å². The van der Waals surface area contributed by atoms with Crippen molar-refractivity contribution in [3.63, 3.8) is 0 Å². The summed E-state index contributed by atoms with van der Waals surface area (Å²) in [6.07, 6.45) is 13.1. The molecule has 0 spiro atoms. The first-order valence-electron chi connectivity index (χ1n) is 9.66. The normalized spacial score (nSPS) is 18.7. The molecule has 3 aromatic rings. The molecule has 0 bridgehead atoms. The fourth-order valence-corrected chi connectivity index (χ4v) is 3.05. The maximum absolute atomic E-state index is 4.67. The molecule has 0 fully saturated rings. The molecule has 4 nitrogen and oxygen atoms in total. The van der Waals surface area contributed by atoms with Crippen molar-refractivity contribution >= 4 is 24.3 Å². The molecule has 0 N–H and O–H groups in total. The highest BCUT2D eigenvalue weighted by atomic mass is 14.8. The topological polar surface area (TPSA) is 50.0 Å². The lowest BCUT2D eigenvalue weighted by molar-refractivity contribution is 0.673. The van der Waals surface area contributed by atoms with Gasteiger partial charge in [-0.2, -0.15) is 0 Å². The van der Waals surface area contributed by atoms with Gasteiger partial charge in [-0.3, -0.25) is 20.0 Å². The Kier molecular flexibility index (Phi) is 5.81. The lowest BCUT2D eigenvalue weighted by atomic mass is 10.0. The average Bonchev–Trinajstić information content (AvgIpc) is 2.79. The van der Waals surface area contributed by atoms with Gasteiger partial charge < -0.3 is 0 Å². The molecular formula is C25H22N4. The lowest BCUT2D eigenvalue weighted by Gasteiger charge is -2.14. The maximum atomic E-state index is 4.67. The van der Waals surface area contributed by atoms with Crippen LogP contribution in [0.25, 0.3) is 11.1 Å². The third-order valence-electron chi connectivity index (χ3n) is 4.81. The molecule has 1 aliphatic heterocycles. The zero-order valence-corrected chi connectivity index (χ0v) is 16.3. The van der Waals surface area contributed by atoms with Crippen LogP contribution < -0.4 is 0 Å². The van der Waals surface area contributed by atoms with Crippen LogP contribution in [0.5, 0.6) is 0 Å². The van der Waals surface area contributed by atoms with Crippen molar-refractivity contribution in [2.24, 2.45) is 20.9 Å². The Morgan fingerprint density at radius 2 is 1.41 bits per heavy atom. The van der Waals surface area contributed by atoms with Crippen LogP contribution in [0.15, 0.2) is 100 Å². The summed E-state index contributed by atoms with van der Waals surface area (Å²) in [5.41, 5.74) is 5.41. The monoisotopic (exact) mass is 378 g/mol. The van der Waals surface area contributed by atoms with Crippen molar-refractivity contribution in [2.75, 3.05) is 0 Å². The van der Waals surface area contributed by atoms with E-state index < -0.39 is 0 Å². The van der Waals surface area contributed by atoms with Crippen molar-refractivity contribution in [3.8, 4) is 11.1 Å². The summed E-state index contributed by atoms with van der Waals surface area (Å²) in [4.78, 5) is 17.3. The second kappa shape index (κ2) is 9.02. The van der Waals surface area contributed by atoms with Crippen LogP contribution >= 0.6 is 0 Å². The number of nitrogens with zero attached hydrogens (tertiary/aromatic N) is 4. The fraction of sp³-hybridized carbons (Fsp3) is 0.120. The third kappa shape index (κ3) is 4.99. The molecule has 2 unspecified atom stereocenters. The third-order valence-corrected chi connectivity index (χ3v) is 4.81. The van der Waals surface area contributed by atoms with Gasteiger partial charge in [-0.15, -0.1) is 0 Å². The van der Waals surface area contributed by atoms with E-state index in [1.54, 1.807) is 12.4 Å². The van der Waals surface area contributed by atoms with Crippen molar-refractivity contribution in [2.45, 2.75) is 13.0 Å². The summed E-state index contributed by atoms with van der Waals surface area (Å²) in [5, 5.41) is 0. The van der Waals surface area contributed by atoms with Gasteiger partial charge in [0.1, 0.15) is 0 Å². The molecule has 0 amide bonds. The van der Waals surface area contributed by atoms with Gasteiger partial charge in [0, 0.05) is 43.2 Å². The molecule has 4 rings (SSSR count). The van der Waals surface area contributed by atoms with E-state index in [0.717, 1.165) is 16.8 Å². The van der Waals surface area contributed by atoms with Crippen LogP contribution in [-0.2, 0) is 0 Å². The van der Waals surface area contributed by atoms with Crippen molar-refractivity contribution in [1.82, 2.24) is 4.98 Å². The standard InChI is InChI=1S/C25H22N4/c1-19-16-27-15-12-25(19)29-18-21-4-8-23(9-5-21)22-6-2-20(3-7-22)17-28-24-10-13-26-14-11-24/h2-19,25H,1H3. The first-order valence-corrected chi connectivity index (χ1v) is 9.66. The van der Waals surface area contributed by atoms with Gasteiger partial charge in [-0.1, -0.05) is 55.5 Å². The number of aliphatic imine (C=N–C) groups is 3. The number of aromatic nitrogens is 1. The molecule has 0 aliphatic carbocycles. The Morgan fingerprint density at radius 3 is 2.03 bits per heavy atom. The molecule has 142 valence electrons. The average molecular weight is 378 g/mol. The minimum atomic E-state index is 0.161. The SMILES string of the molecule is CC1C=NC=CC1N=Cc1ccc(-c2ccc(C=Nc3ccncc3)cc2)cc1. The smallest absolute Gasteiger partial charge is 0.0772 e. The minimum absolute atomic E-state index is 0.161. The maximum Gasteiger partial charge on any atom is 0.0772 e. The van der Waals surface area contributed by atoms with Gasteiger partial charge in [0.2, 0.25) is 0 Å². The second-order valence-corrected chi connectivity index (χ2v) is 6.98. The van der Waals surface area contributed by atoms with Crippen LogP contribution in [-0.4, -0.2) is 29.7 Å². The summed E-state index contributed by atoms with van der Waals surface area (Å²) < 4.78 is 0. The summed E-state index contributed by atoms with van der Waals surface area (Å²) in [5.74, 6) is 0.330. The van der Waals surface area contributed by atoms with E-state index in [1.165, 1.54) is 11.1 Å². The first-order chi connectivity index (χ1) is 14.3. The van der Waals surface area contributed by atoms with Crippen LogP contribution in [0.2, 0.25) is 0 Å². The number of pyridine rings is 1. The fourth-order valence-electron chi connectivity index (χ4n) is 3.05. The molecule has 1 aromatic heterocycles. The van der Waals surface area contributed by atoms with E-state index in [1.807, 2.05) is 43.1 Å². The summed E-state index contributed by atoms with van der Waals surface area (Å²) in [6.45, 7) is 2.13.